The summed E-state index contributed by atoms with van der Waals surface area (Å²) in [6.07, 6.45) is 0. The molecule has 2 aliphatic rings. The van der Waals surface area contributed by atoms with Gasteiger partial charge in [0.15, 0.2) is 17.5 Å². The van der Waals surface area contributed by atoms with Crippen molar-refractivity contribution in [3.05, 3.63) is 191 Å². The molecule has 10 rings (SSSR count). The van der Waals surface area contributed by atoms with Gasteiger partial charge < -0.3 is 5.73 Å². The van der Waals surface area contributed by atoms with Crippen molar-refractivity contribution >= 4 is 5.69 Å². The van der Waals surface area contributed by atoms with Gasteiger partial charge in [-0.05, 0) is 93.2 Å². The first-order chi connectivity index (χ1) is 25.5. The zero-order valence-corrected chi connectivity index (χ0v) is 28.9. The lowest BCUT2D eigenvalue weighted by atomic mass is 9.70. The minimum atomic E-state index is -0.439. The maximum Gasteiger partial charge on any atom is 0.164 e. The Morgan fingerprint density at radius 1 is 0.404 bits per heavy atom. The fraction of sp³-hybridized carbons (Fsp3) is 0.0625. The Morgan fingerprint density at radius 3 is 1.56 bits per heavy atom. The van der Waals surface area contributed by atoms with Gasteiger partial charge in [-0.25, -0.2) is 15.0 Å². The van der Waals surface area contributed by atoms with E-state index in [0.29, 0.717) is 17.5 Å². The SMILES string of the molecule is Cc1cc(-c2ccc3c(c2)-c2c(N)cccc2C32c3ccccc3-c3ccccc32)c(C)c(-c2nc(-c3ccccc3)nc(-c3ccccc3)n2)c1. The molecular formula is C48H34N4. The van der Waals surface area contributed by atoms with E-state index in [0.717, 1.165) is 50.2 Å². The molecule has 2 aliphatic carbocycles. The molecule has 0 radical (unpaired) electrons. The number of nitrogens with two attached hydrogens (primary N) is 1. The standard InChI is InChI=1S/C48H34N4/c1-29-26-36(30(2)37(27-29)47-51-45(31-14-5-3-6-15-31)50-46(52-47)32-16-7-4-8-17-32)33-24-25-41-38(28-33)44-42(22-13-23-43(44)49)48(41)39-20-11-9-18-34(39)35-19-10-12-21-40(35)48/h3-28H,49H2,1-2H3. The van der Waals surface area contributed by atoms with Gasteiger partial charge in [-0.2, -0.15) is 0 Å². The van der Waals surface area contributed by atoms with Crippen molar-refractivity contribution in [3.8, 4) is 67.5 Å². The van der Waals surface area contributed by atoms with Crippen LogP contribution in [0.5, 0.6) is 0 Å². The van der Waals surface area contributed by atoms with Crippen molar-refractivity contribution in [1.82, 2.24) is 15.0 Å². The molecule has 7 aromatic carbocycles. The quantitative estimate of drug-likeness (QED) is 0.190. The molecule has 52 heavy (non-hydrogen) atoms. The largest absolute Gasteiger partial charge is 0.398 e. The molecule has 4 heteroatoms. The Hall–Kier alpha value is -6.65. The number of benzene rings is 7. The van der Waals surface area contributed by atoms with Crippen LogP contribution >= 0.6 is 0 Å². The molecule has 4 nitrogen and oxygen atoms in total. The number of nitrogens with zero attached hydrogens (tertiary/aromatic N) is 3. The highest BCUT2D eigenvalue weighted by Gasteiger charge is 2.52. The van der Waals surface area contributed by atoms with E-state index in [2.05, 4.69) is 105 Å². The van der Waals surface area contributed by atoms with Crippen LogP contribution in [-0.4, -0.2) is 15.0 Å². The Balaban J connectivity index is 1.18. The third-order valence-corrected chi connectivity index (χ3v) is 10.9. The predicted octanol–water partition coefficient (Wildman–Crippen LogP) is 11.1. The number of rotatable bonds is 4. The molecular weight excluding hydrogens is 633 g/mol. The van der Waals surface area contributed by atoms with E-state index in [9.17, 15) is 0 Å². The van der Waals surface area contributed by atoms with E-state index in [-0.39, 0.29) is 0 Å². The average molecular weight is 667 g/mol. The normalized spacial score (nSPS) is 13.0. The van der Waals surface area contributed by atoms with Gasteiger partial charge >= 0.3 is 0 Å². The van der Waals surface area contributed by atoms with Crippen molar-refractivity contribution in [1.29, 1.82) is 0 Å². The second-order valence-electron chi connectivity index (χ2n) is 13.9. The van der Waals surface area contributed by atoms with E-state index in [1.165, 1.54) is 38.9 Å². The topological polar surface area (TPSA) is 64.7 Å². The first-order valence-corrected chi connectivity index (χ1v) is 17.7. The summed E-state index contributed by atoms with van der Waals surface area (Å²) in [5, 5.41) is 0. The number of anilines is 1. The summed E-state index contributed by atoms with van der Waals surface area (Å²) in [5.41, 5.74) is 24.7. The number of aromatic nitrogens is 3. The third-order valence-electron chi connectivity index (χ3n) is 10.9. The summed E-state index contributed by atoms with van der Waals surface area (Å²) in [4.78, 5) is 15.1. The number of hydrogen-bond acceptors (Lipinski definition) is 4. The highest BCUT2D eigenvalue weighted by atomic mass is 15.0. The second-order valence-corrected chi connectivity index (χ2v) is 13.9. The molecule has 1 aromatic heterocycles. The van der Waals surface area contributed by atoms with Crippen LogP contribution < -0.4 is 5.73 Å². The van der Waals surface area contributed by atoms with Gasteiger partial charge in [-0.3, -0.25) is 0 Å². The fourth-order valence-electron chi connectivity index (χ4n) is 8.71. The van der Waals surface area contributed by atoms with E-state index in [1.807, 2.05) is 66.7 Å². The van der Waals surface area contributed by atoms with Crippen LogP contribution in [0.15, 0.2) is 158 Å². The molecule has 0 fully saturated rings. The van der Waals surface area contributed by atoms with E-state index in [4.69, 9.17) is 20.7 Å². The lowest BCUT2D eigenvalue weighted by Gasteiger charge is -2.30. The highest BCUT2D eigenvalue weighted by molar-refractivity contribution is 5.99. The minimum Gasteiger partial charge on any atom is -0.398 e. The summed E-state index contributed by atoms with van der Waals surface area (Å²) in [5.74, 6) is 1.96. The van der Waals surface area contributed by atoms with Crippen molar-refractivity contribution < 1.29 is 0 Å². The van der Waals surface area contributed by atoms with Crippen LogP contribution in [0, 0.1) is 13.8 Å². The van der Waals surface area contributed by atoms with E-state index in [1.54, 1.807) is 0 Å². The van der Waals surface area contributed by atoms with Crippen LogP contribution in [0.4, 0.5) is 5.69 Å². The maximum atomic E-state index is 6.92. The van der Waals surface area contributed by atoms with Gasteiger partial charge in [-0.15, -0.1) is 0 Å². The number of nitrogen functional groups attached to an aromatic ring is 1. The second kappa shape index (κ2) is 11.4. The van der Waals surface area contributed by atoms with Crippen LogP contribution in [0.1, 0.15) is 33.4 Å². The lowest BCUT2D eigenvalue weighted by molar-refractivity contribution is 0.794. The molecule has 0 aliphatic heterocycles. The first-order valence-electron chi connectivity index (χ1n) is 17.7. The van der Waals surface area contributed by atoms with Crippen LogP contribution in [0.25, 0.3) is 67.5 Å². The predicted molar refractivity (Wildman–Crippen MR) is 212 cm³/mol. The molecule has 8 aromatic rings. The van der Waals surface area contributed by atoms with E-state index >= 15 is 0 Å². The lowest BCUT2D eigenvalue weighted by Crippen LogP contribution is -2.25. The molecule has 0 unspecified atom stereocenters. The average Bonchev–Trinajstić information content (AvgIpc) is 3.67. The molecule has 246 valence electrons. The van der Waals surface area contributed by atoms with Gasteiger partial charge in [0.25, 0.3) is 0 Å². The number of hydrogen-bond donors (Lipinski definition) is 1. The first kappa shape index (κ1) is 30.2. The smallest absolute Gasteiger partial charge is 0.164 e. The zero-order chi connectivity index (χ0) is 35.0. The van der Waals surface area contributed by atoms with Crippen molar-refractivity contribution in [2.24, 2.45) is 0 Å². The van der Waals surface area contributed by atoms with Gasteiger partial charge in [0, 0.05) is 27.9 Å². The molecule has 1 spiro atoms. The Labute approximate surface area is 303 Å². The molecule has 0 amide bonds. The summed E-state index contributed by atoms with van der Waals surface area (Å²) >= 11 is 0. The maximum absolute atomic E-state index is 6.92. The molecule has 0 bridgehead atoms. The Morgan fingerprint density at radius 2 is 0.923 bits per heavy atom. The highest BCUT2D eigenvalue weighted by Crippen LogP contribution is 2.63. The summed E-state index contributed by atoms with van der Waals surface area (Å²) < 4.78 is 0. The number of fused-ring (bicyclic) bond motifs is 10. The minimum absolute atomic E-state index is 0.439. The van der Waals surface area contributed by atoms with Crippen molar-refractivity contribution in [2.75, 3.05) is 5.73 Å². The number of aryl methyl sites for hydroxylation is 1. The van der Waals surface area contributed by atoms with Crippen molar-refractivity contribution in [3.63, 3.8) is 0 Å². The Bertz CT molecular complexity index is 2610. The molecule has 2 N–H and O–H groups in total. The van der Waals surface area contributed by atoms with Crippen molar-refractivity contribution in [2.45, 2.75) is 19.3 Å². The fourth-order valence-corrected chi connectivity index (χ4v) is 8.71. The molecule has 0 atom stereocenters. The molecule has 0 saturated heterocycles. The van der Waals surface area contributed by atoms with Gasteiger partial charge in [0.05, 0.1) is 5.41 Å². The third kappa shape index (κ3) is 4.31. The van der Waals surface area contributed by atoms with Crippen LogP contribution in [0.3, 0.4) is 0 Å². The molecule has 1 heterocycles. The summed E-state index contributed by atoms with van der Waals surface area (Å²) in [6, 6.07) is 55.8. The van der Waals surface area contributed by atoms with E-state index < -0.39 is 5.41 Å². The van der Waals surface area contributed by atoms with Gasteiger partial charge in [0.2, 0.25) is 0 Å². The summed E-state index contributed by atoms with van der Waals surface area (Å²) in [6.45, 7) is 4.32. The Kier molecular flexibility index (Phi) is 6.64. The van der Waals surface area contributed by atoms with Crippen LogP contribution in [-0.2, 0) is 5.41 Å². The van der Waals surface area contributed by atoms with Gasteiger partial charge in [0.1, 0.15) is 0 Å². The monoisotopic (exact) mass is 666 g/mol. The zero-order valence-electron chi connectivity index (χ0n) is 28.9. The van der Waals surface area contributed by atoms with Crippen LogP contribution in [0.2, 0.25) is 0 Å². The summed E-state index contributed by atoms with van der Waals surface area (Å²) in [7, 11) is 0. The van der Waals surface area contributed by atoms with Gasteiger partial charge in [-0.1, -0.05) is 140 Å². The molecule has 0 saturated carbocycles.